The van der Waals surface area contributed by atoms with Gasteiger partial charge in [-0.05, 0) is 50.6 Å². The number of aliphatic hydroxyl groups excluding tert-OH is 1. The number of hydrogen-bond donors (Lipinski definition) is 2. The molecule has 3 aliphatic rings. The van der Waals surface area contributed by atoms with Crippen molar-refractivity contribution in [3.05, 3.63) is 18.2 Å². The Morgan fingerprint density at radius 3 is 2.42 bits per heavy atom. The minimum absolute atomic E-state index is 0.0345. The molecule has 8 nitrogen and oxygen atoms in total. The monoisotopic (exact) mass is 364 g/mol. The lowest BCUT2D eigenvalue weighted by Gasteiger charge is -2.40. The van der Waals surface area contributed by atoms with E-state index in [1.54, 1.807) is 12.5 Å². The van der Waals surface area contributed by atoms with Crippen molar-refractivity contribution in [2.24, 2.45) is 18.9 Å². The molecule has 144 valence electrons. The lowest BCUT2D eigenvalue weighted by Crippen LogP contribution is -2.48. The van der Waals surface area contributed by atoms with Crippen LogP contribution in [0.1, 0.15) is 36.2 Å². The van der Waals surface area contributed by atoms with Crippen LogP contribution in [0.2, 0.25) is 0 Å². The Morgan fingerprint density at radius 1 is 1.23 bits per heavy atom. The van der Waals surface area contributed by atoms with Gasteiger partial charge in [-0.25, -0.2) is 4.98 Å². The summed E-state index contributed by atoms with van der Waals surface area (Å²) in [5.74, 6) is 1.00. The summed E-state index contributed by atoms with van der Waals surface area (Å²) in [6.07, 6.45) is 7.58. The molecule has 2 aliphatic heterocycles. The predicted octanol–water partition coefficient (Wildman–Crippen LogP) is 0.428. The minimum Gasteiger partial charge on any atom is -0.483 e. The first kappa shape index (κ1) is 18.8. The van der Waals surface area contributed by atoms with E-state index in [2.05, 4.69) is 9.88 Å². The van der Waals surface area contributed by atoms with Crippen molar-refractivity contribution in [3.63, 3.8) is 0 Å². The van der Waals surface area contributed by atoms with Gasteiger partial charge < -0.3 is 19.7 Å². The summed E-state index contributed by atoms with van der Waals surface area (Å²) in [6, 6.07) is 0.295. The molecule has 0 aromatic carbocycles. The third-order valence-corrected chi connectivity index (χ3v) is 5.93. The molecule has 4 atom stereocenters. The zero-order valence-corrected chi connectivity index (χ0v) is 15.2. The number of rotatable bonds is 2. The van der Waals surface area contributed by atoms with Crippen LogP contribution in [0.3, 0.4) is 0 Å². The Hall–Kier alpha value is -1.93. The van der Waals surface area contributed by atoms with E-state index in [9.17, 15) is 9.90 Å². The highest BCUT2D eigenvalue weighted by Crippen LogP contribution is 2.39. The van der Waals surface area contributed by atoms with Gasteiger partial charge in [0.1, 0.15) is 5.69 Å². The van der Waals surface area contributed by atoms with Crippen molar-refractivity contribution in [2.75, 3.05) is 26.2 Å². The van der Waals surface area contributed by atoms with E-state index in [1.165, 1.54) is 12.8 Å². The van der Waals surface area contributed by atoms with Crippen LogP contribution in [0.5, 0.6) is 0 Å². The highest BCUT2D eigenvalue weighted by molar-refractivity contribution is 5.92. The van der Waals surface area contributed by atoms with Crippen molar-refractivity contribution in [3.8, 4) is 0 Å². The number of fused-ring (bicyclic) bond motifs is 1. The molecule has 4 rings (SSSR count). The number of carbonyl (C=O) groups excluding carboxylic acids is 1. The van der Waals surface area contributed by atoms with Gasteiger partial charge in [0.15, 0.2) is 0 Å². The number of aryl methyl sites for hydroxylation is 1. The highest BCUT2D eigenvalue weighted by atomic mass is 16.3. The highest BCUT2D eigenvalue weighted by Gasteiger charge is 2.45. The molecule has 1 amide bonds. The maximum Gasteiger partial charge on any atom is 0.290 e. The Labute approximate surface area is 153 Å². The number of likely N-dealkylation sites (tertiary alicyclic amines) is 2. The van der Waals surface area contributed by atoms with E-state index in [1.807, 2.05) is 16.5 Å². The first-order valence-electron chi connectivity index (χ1n) is 9.30. The third kappa shape index (κ3) is 3.91. The van der Waals surface area contributed by atoms with Crippen molar-refractivity contribution in [1.29, 1.82) is 0 Å². The third-order valence-electron chi connectivity index (χ3n) is 5.93. The molecule has 0 radical (unpaired) electrons. The maximum atomic E-state index is 12.6. The minimum atomic E-state index is -0.250. The van der Waals surface area contributed by atoms with Crippen LogP contribution in [0, 0.1) is 11.8 Å². The number of nitrogens with zero attached hydrogens (tertiary/aromatic N) is 4. The Morgan fingerprint density at radius 2 is 1.85 bits per heavy atom. The Kier molecular flexibility index (Phi) is 5.93. The van der Waals surface area contributed by atoms with Crippen molar-refractivity contribution < 1.29 is 19.8 Å². The average Bonchev–Trinajstić information content (AvgIpc) is 3.34. The quantitative estimate of drug-likeness (QED) is 0.739. The maximum absolute atomic E-state index is 12.6. The number of hydrogen-bond acceptors (Lipinski definition) is 5. The fourth-order valence-electron chi connectivity index (χ4n) is 4.72. The Bertz CT molecular complexity index is 628. The van der Waals surface area contributed by atoms with Gasteiger partial charge in [0, 0.05) is 32.4 Å². The van der Waals surface area contributed by atoms with E-state index in [0.29, 0.717) is 23.6 Å². The molecule has 0 unspecified atom stereocenters. The molecule has 8 heteroatoms. The summed E-state index contributed by atoms with van der Waals surface area (Å²) in [5, 5.41) is 17.4. The number of amides is 1. The van der Waals surface area contributed by atoms with Crippen LogP contribution in [0.4, 0.5) is 0 Å². The van der Waals surface area contributed by atoms with Crippen LogP contribution in [-0.4, -0.2) is 80.3 Å². The second kappa shape index (κ2) is 8.18. The van der Waals surface area contributed by atoms with Crippen LogP contribution in [-0.2, 0) is 11.8 Å². The van der Waals surface area contributed by atoms with Crippen molar-refractivity contribution in [2.45, 2.75) is 37.8 Å². The summed E-state index contributed by atoms with van der Waals surface area (Å²) in [6.45, 7) is 3.58. The van der Waals surface area contributed by atoms with E-state index in [4.69, 9.17) is 9.90 Å². The van der Waals surface area contributed by atoms with Crippen molar-refractivity contribution >= 4 is 12.4 Å². The summed E-state index contributed by atoms with van der Waals surface area (Å²) in [7, 11) is 1.88. The fraction of sp³-hybridized carbons (Fsp3) is 0.722. The second-order valence-corrected chi connectivity index (χ2v) is 7.61. The van der Waals surface area contributed by atoms with Gasteiger partial charge in [-0.3, -0.25) is 14.5 Å². The smallest absolute Gasteiger partial charge is 0.290 e. The van der Waals surface area contributed by atoms with Gasteiger partial charge in [0.25, 0.3) is 12.4 Å². The zero-order chi connectivity index (χ0) is 18.7. The van der Waals surface area contributed by atoms with Gasteiger partial charge in [-0.15, -0.1) is 0 Å². The van der Waals surface area contributed by atoms with E-state index < -0.39 is 0 Å². The molecule has 26 heavy (non-hydrogen) atoms. The van der Waals surface area contributed by atoms with Gasteiger partial charge in [0.05, 0.1) is 12.4 Å². The summed E-state index contributed by atoms with van der Waals surface area (Å²) in [5.41, 5.74) is 0.530. The molecule has 1 aromatic rings. The molecule has 2 N–H and O–H groups in total. The van der Waals surface area contributed by atoms with Crippen LogP contribution in [0.25, 0.3) is 0 Å². The van der Waals surface area contributed by atoms with Crippen LogP contribution < -0.4 is 0 Å². The molecule has 2 saturated heterocycles. The normalized spacial score (nSPS) is 31.2. The lowest BCUT2D eigenvalue weighted by molar-refractivity contribution is -0.122. The lowest BCUT2D eigenvalue weighted by atomic mass is 9.77. The molecular weight excluding hydrogens is 336 g/mol. The number of aromatic nitrogens is 2. The average molecular weight is 364 g/mol. The van der Waals surface area contributed by atoms with Crippen LogP contribution in [0.15, 0.2) is 12.5 Å². The first-order valence-corrected chi connectivity index (χ1v) is 9.30. The molecule has 1 saturated carbocycles. The second-order valence-electron chi connectivity index (χ2n) is 7.61. The molecule has 0 bridgehead atoms. The molecule has 3 heterocycles. The first-order chi connectivity index (χ1) is 12.5. The fourth-order valence-corrected chi connectivity index (χ4v) is 4.72. The standard InChI is InChI=1S/C17H26N4O2.CH2O2/c1-19-10-14(18-11-19)17(23)21-8-12-6-15(20-4-2-3-5-20)16(22)7-13(12)9-21;2-1-3/h10-13,15-16,22H,2-9H2,1H3;1H,(H,2,3)/t12-,13+,15-,16-;/m1./s1. The van der Waals surface area contributed by atoms with Crippen molar-refractivity contribution in [1.82, 2.24) is 19.4 Å². The summed E-state index contributed by atoms with van der Waals surface area (Å²) < 4.78 is 1.81. The molecule has 0 spiro atoms. The number of imidazole rings is 1. The topological polar surface area (TPSA) is 98.9 Å². The number of aliphatic hydroxyl groups is 1. The molecule has 1 aromatic heterocycles. The van der Waals surface area contributed by atoms with Gasteiger partial charge in [0.2, 0.25) is 0 Å². The van der Waals surface area contributed by atoms with Gasteiger partial charge >= 0.3 is 0 Å². The SMILES string of the molecule is Cn1cnc(C(=O)N2C[C@H]3C[C@@H](N4CCCC4)[C@H](O)C[C@H]3C2)c1.O=CO. The Balaban J connectivity index is 0.000000613. The molecule has 1 aliphatic carbocycles. The van der Waals surface area contributed by atoms with E-state index in [-0.39, 0.29) is 18.5 Å². The zero-order valence-electron chi connectivity index (χ0n) is 15.2. The summed E-state index contributed by atoms with van der Waals surface area (Å²) >= 11 is 0. The largest absolute Gasteiger partial charge is 0.483 e. The number of carbonyl (C=O) groups is 2. The summed E-state index contributed by atoms with van der Waals surface area (Å²) in [4.78, 5) is 29.5. The van der Waals surface area contributed by atoms with E-state index >= 15 is 0 Å². The van der Waals surface area contributed by atoms with Gasteiger partial charge in [-0.2, -0.15) is 0 Å². The molecule has 3 fully saturated rings. The van der Waals surface area contributed by atoms with E-state index in [0.717, 1.165) is 39.0 Å². The van der Waals surface area contributed by atoms with Gasteiger partial charge in [-0.1, -0.05) is 0 Å². The van der Waals surface area contributed by atoms with Crippen LogP contribution >= 0.6 is 0 Å². The number of carboxylic acid groups (broad SMARTS) is 1. The molecular formula is C18H28N4O4. The predicted molar refractivity (Wildman–Crippen MR) is 94.6 cm³/mol.